The second-order valence-corrected chi connectivity index (χ2v) is 4.58. The number of hydrogen-bond acceptors (Lipinski definition) is 5. The normalized spacial score (nSPS) is 13.0. The molecular weight excluding hydrogens is 272 g/mol. The van der Waals surface area contributed by atoms with Crippen LogP contribution in [0.15, 0.2) is 24.4 Å². The van der Waals surface area contributed by atoms with Crippen LogP contribution in [0.1, 0.15) is 17.4 Å². The lowest BCUT2D eigenvalue weighted by Gasteiger charge is -2.19. The van der Waals surface area contributed by atoms with Gasteiger partial charge in [-0.25, -0.2) is 0 Å². The fourth-order valence-electron chi connectivity index (χ4n) is 2.20. The molecule has 0 atom stereocenters. The van der Waals surface area contributed by atoms with Gasteiger partial charge in [0.15, 0.2) is 11.5 Å². The maximum atomic E-state index is 12.3. The fourth-order valence-corrected chi connectivity index (χ4v) is 2.20. The van der Waals surface area contributed by atoms with E-state index in [1.807, 2.05) is 6.92 Å². The summed E-state index contributed by atoms with van der Waals surface area (Å²) in [7, 11) is 0. The quantitative estimate of drug-likeness (QED) is 0.893. The topological polar surface area (TPSA) is 91.4 Å². The number of aryl methyl sites for hydroxylation is 1. The summed E-state index contributed by atoms with van der Waals surface area (Å²) in [4.78, 5) is 12.3. The fraction of sp³-hybridized carbons (Fsp3) is 0.286. The van der Waals surface area contributed by atoms with Gasteiger partial charge >= 0.3 is 0 Å². The molecule has 3 N–H and O–H groups in total. The van der Waals surface area contributed by atoms with Crippen molar-refractivity contribution in [2.75, 3.05) is 24.3 Å². The average molecular weight is 288 g/mol. The summed E-state index contributed by atoms with van der Waals surface area (Å²) in [6, 6.07) is 5.26. The molecular formula is C14H16N4O3. The van der Waals surface area contributed by atoms with E-state index >= 15 is 0 Å². The number of amides is 1. The van der Waals surface area contributed by atoms with E-state index in [-0.39, 0.29) is 5.91 Å². The van der Waals surface area contributed by atoms with Crippen LogP contribution < -0.4 is 20.5 Å². The van der Waals surface area contributed by atoms with Crippen molar-refractivity contribution in [2.45, 2.75) is 13.5 Å². The molecule has 1 aliphatic rings. The number of fused-ring (bicyclic) bond motifs is 1. The molecule has 0 aliphatic carbocycles. The van der Waals surface area contributed by atoms with Crippen LogP contribution in [0, 0.1) is 0 Å². The number of rotatable bonds is 3. The Hall–Kier alpha value is -2.70. The number of carbonyl (C=O) groups excluding carboxylic acids is 1. The predicted octanol–water partition coefficient (Wildman–Crippen LogP) is 1.51. The molecule has 1 amide bonds. The molecule has 1 aromatic heterocycles. The van der Waals surface area contributed by atoms with E-state index in [4.69, 9.17) is 15.2 Å². The van der Waals surface area contributed by atoms with Gasteiger partial charge in [0.1, 0.15) is 18.9 Å². The van der Waals surface area contributed by atoms with Crippen molar-refractivity contribution < 1.29 is 14.3 Å². The Morgan fingerprint density at radius 2 is 2.14 bits per heavy atom. The van der Waals surface area contributed by atoms with Crippen LogP contribution in [-0.4, -0.2) is 28.9 Å². The molecule has 0 fully saturated rings. The minimum Gasteiger partial charge on any atom is -0.486 e. The lowest BCUT2D eigenvalue weighted by atomic mass is 10.2. The van der Waals surface area contributed by atoms with Crippen molar-refractivity contribution in [1.82, 2.24) is 9.78 Å². The molecule has 0 unspecified atom stereocenters. The van der Waals surface area contributed by atoms with Crippen molar-refractivity contribution in [3.63, 3.8) is 0 Å². The number of nitrogens with zero attached hydrogens (tertiary/aromatic N) is 2. The first kappa shape index (κ1) is 13.3. The van der Waals surface area contributed by atoms with Crippen molar-refractivity contribution >= 4 is 17.3 Å². The predicted molar refractivity (Wildman–Crippen MR) is 77.7 cm³/mol. The zero-order valence-corrected chi connectivity index (χ0v) is 11.6. The Morgan fingerprint density at radius 3 is 2.90 bits per heavy atom. The highest BCUT2D eigenvalue weighted by Gasteiger charge is 2.18. The third-order valence-electron chi connectivity index (χ3n) is 3.18. The van der Waals surface area contributed by atoms with Crippen LogP contribution in [0.25, 0.3) is 0 Å². The monoisotopic (exact) mass is 288 g/mol. The number of aromatic nitrogens is 2. The van der Waals surface area contributed by atoms with Crippen molar-refractivity contribution in [2.24, 2.45) is 0 Å². The second-order valence-electron chi connectivity index (χ2n) is 4.58. The van der Waals surface area contributed by atoms with Crippen LogP contribution in [0.3, 0.4) is 0 Å². The van der Waals surface area contributed by atoms with Gasteiger partial charge < -0.3 is 20.5 Å². The van der Waals surface area contributed by atoms with E-state index in [1.165, 1.54) is 6.20 Å². The van der Waals surface area contributed by atoms with Crippen molar-refractivity contribution in [3.8, 4) is 11.5 Å². The summed E-state index contributed by atoms with van der Waals surface area (Å²) in [6.45, 7) is 3.50. The molecule has 2 aromatic rings. The molecule has 0 radical (unpaired) electrons. The molecule has 7 heteroatoms. The number of nitrogen functional groups attached to an aromatic ring is 1. The number of carbonyl (C=O) groups is 1. The molecule has 110 valence electrons. The van der Waals surface area contributed by atoms with Gasteiger partial charge in [0, 0.05) is 18.3 Å². The van der Waals surface area contributed by atoms with E-state index in [0.29, 0.717) is 48.3 Å². The second kappa shape index (κ2) is 5.35. The zero-order valence-electron chi connectivity index (χ0n) is 11.6. The lowest BCUT2D eigenvalue weighted by Crippen LogP contribution is -2.19. The number of nitrogens with two attached hydrogens (primary N) is 1. The first-order chi connectivity index (χ1) is 10.2. The van der Waals surface area contributed by atoms with Gasteiger partial charge in [0.2, 0.25) is 0 Å². The molecule has 21 heavy (non-hydrogen) atoms. The third kappa shape index (κ3) is 2.49. The standard InChI is InChI=1S/C14H16N4O3/c1-2-18-13(10(15)8-16-18)14(19)17-9-3-4-11-12(7-9)21-6-5-20-11/h3-4,7-8H,2,5-6,15H2,1H3,(H,17,19). The van der Waals surface area contributed by atoms with Crippen molar-refractivity contribution in [1.29, 1.82) is 0 Å². The Kier molecular flexibility index (Phi) is 3.39. The molecule has 1 aromatic carbocycles. The van der Waals surface area contributed by atoms with Crippen LogP contribution in [0.4, 0.5) is 11.4 Å². The van der Waals surface area contributed by atoms with Crippen molar-refractivity contribution in [3.05, 3.63) is 30.1 Å². The van der Waals surface area contributed by atoms with Crippen LogP contribution in [-0.2, 0) is 6.54 Å². The van der Waals surface area contributed by atoms with Crippen LogP contribution in [0.5, 0.6) is 11.5 Å². The van der Waals surface area contributed by atoms with Gasteiger partial charge in [-0.1, -0.05) is 0 Å². The minimum absolute atomic E-state index is 0.302. The highest BCUT2D eigenvalue weighted by molar-refractivity contribution is 6.06. The zero-order chi connectivity index (χ0) is 14.8. The first-order valence-corrected chi connectivity index (χ1v) is 6.71. The SMILES string of the molecule is CCn1ncc(N)c1C(=O)Nc1ccc2c(c1)OCCO2. The maximum absolute atomic E-state index is 12.3. The summed E-state index contributed by atoms with van der Waals surface area (Å²) in [5.74, 6) is 0.997. The summed E-state index contributed by atoms with van der Waals surface area (Å²) >= 11 is 0. The molecule has 0 saturated heterocycles. The Morgan fingerprint density at radius 1 is 1.38 bits per heavy atom. The summed E-state index contributed by atoms with van der Waals surface area (Å²) in [6.07, 6.45) is 1.47. The minimum atomic E-state index is -0.302. The highest BCUT2D eigenvalue weighted by atomic mass is 16.6. The first-order valence-electron chi connectivity index (χ1n) is 6.71. The van der Waals surface area contributed by atoms with Gasteiger partial charge in [-0.3, -0.25) is 9.48 Å². The molecule has 7 nitrogen and oxygen atoms in total. The third-order valence-corrected chi connectivity index (χ3v) is 3.18. The molecule has 0 saturated carbocycles. The van der Waals surface area contributed by atoms with Crippen LogP contribution >= 0.6 is 0 Å². The molecule has 0 spiro atoms. The maximum Gasteiger partial charge on any atom is 0.276 e. The van der Waals surface area contributed by atoms with Gasteiger partial charge in [-0.05, 0) is 19.1 Å². The summed E-state index contributed by atoms with van der Waals surface area (Å²) in [5, 5.41) is 6.85. The van der Waals surface area contributed by atoms with Gasteiger partial charge in [0.25, 0.3) is 5.91 Å². The Bertz CT molecular complexity index is 681. The summed E-state index contributed by atoms with van der Waals surface area (Å²) in [5.41, 5.74) is 7.12. The largest absolute Gasteiger partial charge is 0.486 e. The average Bonchev–Trinajstić information content (AvgIpc) is 2.88. The number of ether oxygens (including phenoxy) is 2. The van der Waals surface area contributed by atoms with Gasteiger partial charge in [-0.15, -0.1) is 0 Å². The molecule has 2 heterocycles. The van der Waals surface area contributed by atoms with E-state index in [9.17, 15) is 4.79 Å². The Labute approximate surface area is 121 Å². The molecule has 1 aliphatic heterocycles. The van der Waals surface area contributed by atoms with Crippen LogP contribution in [0.2, 0.25) is 0 Å². The van der Waals surface area contributed by atoms with E-state index in [2.05, 4.69) is 10.4 Å². The number of nitrogens with one attached hydrogen (secondary N) is 1. The molecule has 3 rings (SSSR count). The number of anilines is 2. The number of benzene rings is 1. The van der Waals surface area contributed by atoms with E-state index in [0.717, 1.165) is 0 Å². The molecule has 0 bridgehead atoms. The Balaban J connectivity index is 1.83. The van der Waals surface area contributed by atoms with E-state index < -0.39 is 0 Å². The lowest BCUT2D eigenvalue weighted by molar-refractivity contribution is 0.101. The smallest absolute Gasteiger partial charge is 0.276 e. The summed E-state index contributed by atoms with van der Waals surface area (Å²) < 4.78 is 12.5. The van der Waals surface area contributed by atoms with E-state index in [1.54, 1.807) is 22.9 Å². The number of hydrogen-bond donors (Lipinski definition) is 2. The van der Waals surface area contributed by atoms with Gasteiger partial charge in [0.05, 0.1) is 11.9 Å². The highest BCUT2D eigenvalue weighted by Crippen LogP contribution is 2.32. The van der Waals surface area contributed by atoms with Gasteiger partial charge in [-0.2, -0.15) is 5.10 Å².